The Morgan fingerprint density at radius 1 is 1.19 bits per heavy atom. The highest BCUT2D eigenvalue weighted by molar-refractivity contribution is 7.98. The predicted octanol–water partition coefficient (Wildman–Crippen LogP) is 4.79. The fourth-order valence-electron chi connectivity index (χ4n) is 1.03. The maximum absolute atomic E-state index is 5.91. The van der Waals surface area contributed by atoms with Crippen LogP contribution in [0, 0.1) is 0 Å². The first-order chi connectivity index (χ1) is 7.65. The number of aromatic nitrogens is 2. The molecule has 84 valence electrons. The van der Waals surface area contributed by atoms with Crippen molar-refractivity contribution in [2.45, 2.75) is 10.9 Å². The van der Waals surface area contributed by atoms with Crippen molar-refractivity contribution in [3.8, 4) is 0 Å². The van der Waals surface area contributed by atoms with Gasteiger partial charge in [0.1, 0.15) is 0 Å². The number of hydrogen-bond acceptors (Lipinski definition) is 4. The van der Waals surface area contributed by atoms with E-state index in [4.69, 9.17) is 34.8 Å². The molecule has 0 atom stereocenters. The molecular weight excluding hydrogens is 307 g/mol. The molecule has 1 aromatic heterocycles. The molecule has 16 heavy (non-hydrogen) atoms. The summed E-state index contributed by atoms with van der Waals surface area (Å²) >= 11 is 20.1. The quantitative estimate of drug-likeness (QED) is 0.762. The molecule has 7 heteroatoms. The number of halogens is 3. The third-order valence-electron chi connectivity index (χ3n) is 1.73. The van der Waals surface area contributed by atoms with Gasteiger partial charge in [0.05, 0.1) is 10.0 Å². The van der Waals surface area contributed by atoms with E-state index < -0.39 is 0 Å². The fourth-order valence-corrected chi connectivity index (χ4v) is 2.92. The second-order valence-corrected chi connectivity index (χ2v) is 5.96. The molecule has 0 saturated carbocycles. The first-order valence-corrected chi connectivity index (χ1v) is 7.10. The molecule has 2 nitrogen and oxygen atoms in total. The van der Waals surface area contributed by atoms with Crippen LogP contribution in [0.15, 0.2) is 23.4 Å². The normalized spacial score (nSPS) is 10.7. The Morgan fingerprint density at radius 3 is 2.62 bits per heavy atom. The van der Waals surface area contributed by atoms with Crippen LogP contribution >= 0.6 is 58.1 Å². The monoisotopic (exact) mass is 310 g/mol. The highest BCUT2D eigenvalue weighted by atomic mass is 35.5. The maximum Gasteiger partial charge on any atom is 0.204 e. The Hall–Kier alpha value is -0.000000000000000139. The molecule has 0 N–H and O–H groups in total. The van der Waals surface area contributed by atoms with E-state index in [1.54, 1.807) is 6.07 Å². The molecule has 0 unspecified atom stereocenters. The number of benzene rings is 1. The Bertz CT molecular complexity index is 501. The summed E-state index contributed by atoms with van der Waals surface area (Å²) in [5.74, 6) is 0.740. The van der Waals surface area contributed by atoms with Gasteiger partial charge < -0.3 is 0 Å². The lowest BCUT2D eigenvalue weighted by atomic mass is 10.2. The minimum absolute atomic E-state index is 0.455. The van der Waals surface area contributed by atoms with Crippen molar-refractivity contribution < 1.29 is 0 Å². The highest BCUT2D eigenvalue weighted by Crippen LogP contribution is 2.27. The molecule has 0 saturated heterocycles. The first kappa shape index (κ1) is 12.5. The summed E-state index contributed by atoms with van der Waals surface area (Å²) in [6, 6.07) is 5.54. The first-order valence-electron chi connectivity index (χ1n) is 4.21. The zero-order valence-corrected chi connectivity index (χ0v) is 11.7. The zero-order valence-electron chi connectivity index (χ0n) is 7.78. The standard InChI is InChI=1S/C9H5Cl3N2S2/c10-6-2-1-5(3-7(6)11)4-15-9-13-8(12)16-14-9/h1-3H,4H2. The van der Waals surface area contributed by atoms with Gasteiger partial charge in [-0.25, -0.2) is 0 Å². The Labute approximate surface area is 116 Å². The Morgan fingerprint density at radius 2 is 2.00 bits per heavy atom. The van der Waals surface area contributed by atoms with Crippen molar-refractivity contribution >= 4 is 58.1 Å². The summed E-state index contributed by atoms with van der Waals surface area (Å²) in [4.78, 5) is 4.04. The van der Waals surface area contributed by atoms with Crippen molar-refractivity contribution in [3.05, 3.63) is 38.3 Å². The van der Waals surface area contributed by atoms with E-state index in [2.05, 4.69) is 9.36 Å². The molecule has 0 aliphatic carbocycles. The van der Waals surface area contributed by atoms with Crippen LogP contribution in [0.1, 0.15) is 5.56 Å². The average molecular weight is 312 g/mol. The second kappa shape index (κ2) is 5.56. The molecule has 0 radical (unpaired) electrons. The van der Waals surface area contributed by atoms with E-state index in [0.717, 1.165) is 11.3 Å². The van der Waals surface area contributed by atoms with Gasteiger partial charge in [-0.05, 0) is 40.8 Å². The van der Waals surface area contributed by atoms with Crippen molar-refractivity contribution in [3.63, 3.8) is 0 Å². The summed E-state index contributed by atoms with van der Waals surface area (Å²) in [6.45, 7) is 0. The van der Waals surface area contributed by atoms with E-state index in [0.29, 0.717) is 19.7 Å². The molecular formula is C9H5Cl3N2S2. The van der Waals surface area contributed by atoms with Crippen molar-refractivity contribution in [1.29, 1.82) is 0 Å². The summed E-state index contributed by atoms with van der Waals surface area (Å²) in [5.41, 5.74) is 1.07. The van der Waals surface area contributed by atoms with Crippen LogP contribution in [-0.2, 0) is 5.75 Å². The lowest BCUT2D eigenvalue weighted by Gasteiger charge is -2.00. The zero-order chi connectivity index (χ0) is 11.5. The lowest BCUT2D eigenvalue weighted by molar-refractivity contribution is 1.08. The third kappa shape index (κ3) is 3.25. The number of thioether (sulfide) groups is 1. The van der Waals surface area contributed by atoms with Crippen LogP contribution in [0.5, 0.6) is 0 Å². The van der Waals surface area contributed by atoms with Gasteiger partial charge >= 0.3 is 0 Å². The van der Waals surface area contributed by atoms with Crippen molar-refractivity contribution in [2.75, 3.05) is 0 Å². The van der Waals surface area contributed by atoms with Crippen LogP contribution in [0.25, 0.3) is 0 Å². The number of hydrogen-bond donors (Lipinski definition) is 0. The van der Waals surface area contributed by atoms with Crippen molar-refractivity contribution in [2.24, 2.45) is 0 Å². The Balaban J connectivity index is 2.02. The van der Waals surface area contributed by atoms with E-state index in [9.17, 15) is 0 Å². The van der Waals surface area contributed by atoms with Crippen LogP contribution in [0.3, 0.4) is 0 Å². The molecule has 1 heterocycles. The van der Waals surface area contributed by atoms with Crippen molar-refractivity contribution in [1.82, 2.24) is 9.36 Å². The van der Waals surface area contributed by atoms with Gasteiger partial charge in [0, 0.05) is 5.75 Å². The fraction of sp³-hybridized carbons (Fsp3) is 0.111. The van der Waals surface area contributed by atoms with E-state index in [1.807, 2.05) is 12.1 Å². The molecule has 0 aliphatic heterocycles. The lowest BCUT2D eigenvalue weighted by Crippen LogP contribution is -1.82. The van der Waals surface area contributed by atoms with Gasteiger partial charge in [0.25, 0.3) is 0 Å². The topological polar surface area (TPSA) is 25.8 Å². The van der Waals surface area contributed by atoms with E-state index >= 15 is 0 Å². The summed E-state index contributed by atoms with van der Waals surface area (Å²) < 4.78 is 4.53. The average Bonchev–Trinajstić information content (AvgIpc) is 2.66. The van der Waals surface area contributed by atoms with Gasteiger partial charge in [0.2, 0.25) is 9.62 Å². The minimum Gasteiger partial charge on any atom is -0.198 e. The summed E-state index contributed by atoms with van der Waals surface area (Å²) in [5, 5.41) is 1.80. The predicted molar refractivity (Wildman–Crippen MR) is 70.9 cm³/mol. The summed E-state index contributed by atoms with van der Waals surface area (Å²) in [7, 11) is 0. The smallest absolute Gasteiger partial charge is 0.198 e. The second-order valence-electron chi connectivity index (χ2n) is 2.87. The molecule has 0 amide bonds. The molecule has 2 rings (SSSR count). The van der Waals surface area contributed by atoms with Gasteiger partial charge in [-0.1, -0.05) is 41.0 Å². The van der Waals surface area contributed by atoms with Crippen LogP contribution in [0.2, 0.25) is 14.5 Å². The maximum atomic E-state index is 5.91. The largest absolute Gasteiger partial charge is 0.204 e. The van der Waals surface area contributed by atoms with Crippen LogP contribution < -0.4 is 0 Å². The third-order valence-corrected chi connectivity index (χ3v) is 4.31. The molecule has 1 aromatic carbocycles. The number of rotatable bonds is 3. The molecule has 0 bridgehead atoms. The summed E-state index contributed by atoms with van der Waals surface area (Å²) in [6.07, 6.45) is 0. The SMILES string of the molecule is Clc1nc(SCc2ccc(Cl)c(Cl)c2)ns1. The number of nitrogens with zero attached hydrogens (tertiary/aromatic N) is 2. The van der Waals surface area contributed by atoms with Gasteiger partial charge in [-0.2, -0.15) is 9.36 Å². The molecule has 0 spiro atoms. The van der Waals surface area contributed by atoms with Crippen LogP contribution in [0.4, 0.5) is 0 Å². The van der Waals surface area contributed by atoms with Gasteiger partial charge in [0.15, 0.2) is 0 Å². The van der Waals surface area contributed by atoms with Crippen LogP contribution in [-0.4, -0.2) is 9.36 Å². The van der Waals surface area contributed by atoms with Gasteiger partial charge in [-0.15, -0.1) is 0 Å². The molecule has 2 aromatic rings. The van der Waals surface area contributed by atoms with E-state index in [-0.39, 0.29) is 0 Å². The molecule has 0 fully saturated rings. The Kier molecular flexibility index (Phi) is 4.33. The van der Waals surface area contributed by atoms with Gasteiger partial charge in [-0.3, -0.25) is 0 Å². The minimum atomic E-state index is 0.455. The highest BCUT2D eigenvalue weighted by Gasteiger charge is 2.04. The molecule has 0 aliphatic rings. The van der Waals surface area contributed by atoms with E-state index in [1.165, 1.54) is 23.3 Å².